The molecule has 15 heavy (non-hydrogen) atoms. The number of benzene rings is 1. The maximum Gasteiger partial charge on any atom is 0.261 e. The molecule has 78 valence electrons. The lowest BCUT2D eigenvalue weighted by molar-refractivity contribution is -0.113. The SMILES string of the molecule is O=C(Cl)C(C(=O)Cl)=C(O)c1ccccc1. The average molecular weight is 245 g/mol. The Bertz CT molecular complexity index is 408. The fraction of sp³-hybridized carbons (Fsp3) is 0. The molecule has 0 aliphatic carbocycles. The molecular formula is C10H6Cl2O3. The molecule has 0 aliphatic rings. The fourth-order valence-electron chi connectivity index (χ4n) is 1.00. The van der Waals surface area contributed by atoms with E-state index in [1.165, 1.54) is 12.1 Å². The third-order valence-electron chi connectivity index (χ3n) is 1.68. The molecule has 0 heterocycles. The van der Waals surface area contributed by atoms with Crippen molar-refractivity contribution >= 4 is 39.4 Å². The lowest BCUT2D eigenvalue weighted by Crippen LogP contribution is -2.05. The molecule has 0 aliphatic heterocycles. The Hall–Kier alpha value is -1.32. The van der Waals surface area contributed by atoms with Gasteiger partial charge in [-0.15, -0.1) is 0 Å². The number of carbonyl (C=O) groups is 2. The van der Waals surface area contributed by atoms with Crippen molar-refractivity contribution in [3.05, 3.63) is 41.5 Å². The Kier molecular flexibility index (Phi) is 3.88. The summed E-state index contributed by atoms with van der Waals surface area (Å²) in [5.41, 5.74) is -0.319. The van der Waals surface area contributed by atoms with Crippen LogP contribution in [0.1, 0.15) is 5.56 Å². The largest absolute Gasteiger partial charge is 0.506 e. The maximum atomic E-state index is 10.8. The van der Waals surface area contributed by atoms with Crippen LogP contribution in [0.25, 0.3) is 5.76 Å². The van der Waals surface area contributed by atoms with Crippen LogP contribution in [0, 0.1) is 0 Å². The van der Waals surface area contributed by atoms with E-state index < -0.39 is 21.8 Å². The number of allylic oxidation sites excluding steroid dienone is 1. The number of hydrogen-bond acceptors (Lipinski definition) is 3. The lowest BCUT2D eigenvalue weighted by Gasteiger charge is -2.02. The summed E-state index contributed by atoms with van der Waals surface area (Å²) in [7, 11) is 0. The van der Waals surface area contributed by atoms with Gasteiger partial charge >= 0.3 is 0 Å². The van der Waals surface area contributed by atoms with Crippen LogP contribution in [0.5, 0.6) is 0 Å². The van der Waals surface area contributed by atoms with E-state index in [0.29, 0.717) is 5.56 Å². The van der Waals surface area contributed by atoms with Crippen LogP contribution in [0.4, 0.5) is 0 Å². The van der Waals surface area contributed by atoms with E-state index in [-0.39, 0.29) is 0 Å². The minimum Gasteiger partial charge on any atom is -0.506 e. The fourth-order valence-corrected chi connectivity index (χ4v) is 1.40. The third-order valence-corrected chi connectivity index (χ3v) is 2.06. The van der Waals surface area contributed by atoms with E-state index in [1.807, 2.05) is 0 Å². The van der Waals surface area contributed by atoms with Gasteiger partial charge in [0.1, 0.15) is 11.3 Å². The molecule has 0 atom stereocenters. The normalized spacial score (nSPS) is 9.47. The molecule has 0 saturated carbocycles. The second-order valence-corrected chi connectivity index (χ2v) is 3.32. The highest BCUT2D eigenvalue weighted by Crippen LogP contribution is 2.19. The zero-order valence-corrected chi connectivity index (χ0v) is 8.92. The van der Waals surface area contributed by atoms with Gasteiger partial charge in [0.05, 0.1) is 0 Å². The summed E-state index contributed by atoms with van der Waals surface area (Å²) in [5.74, 6) is -0.518. The van der Waals surface area contributed by atoms with Crippen LogP contribution in [-0.2, 0) is 9.59 Å². The van der Waals surface area contributed by atoms with Crippen molar-refractivity contribution < 1.29 is 14.7 Å². The number of aliphatic hydroxyl groups is 1. The summed E-state index contributed by atoms with van der Waals surface area (Å²) in [4.78, 5) is 21.7. The number of rotatable bonds is 3. The molecule has 0 spiro atoms. The van der Waals surface area contributed by atoms with E-state index in [0.717, 1.165) is 0 Å². The molecule has 1 aromatic rings. The van der Waals surface area contributed by atoms with Gasteiger partial charge in [0.2, 0.25) is 0 Å². The molecule has 1 N–H and O–H groups in total. The highest BCUT2D eigenvalue weighted by molar-refractivity contribution is 6.80. The summed E-state index contributed by atoms with van der Waals surface area (Å²) in [6, 6.07) is 8.05. The molecule has 0 aromatic heterocycles. The van der Waals surface area contributed by atoms with Crippen LogP contribution >= 0.6 is 23.2 Å². The van der Waals surface area contributed by atoms with Crippen molar-refractivity contribution in [2.24, 2.45) is 0 Å². The van der Waals surface area contributed by atoms with E-state index in [9.17, 15) is 14.7 Å². The standard InChI is InChI=1S/C10H6Cl2O3/c11-9(14)7(10(12)15)8(13)6-4-2-1-3-5-6/h1-5,13H. The minimum atomic E-state index is -1.09. The molecule has 3 nitrogen and oxygen atoms in total. The van der Waals surface area contributed by atoms with Crippen molar-refractivity contribution in [1.82, 2.24) is 0 Å². The van der Waals surface area contributed by atoms with Crippen LogP contribution < -0.4 is 0 Å². The third kappa shape index (κ3) is 2.81. The number of halogens is 2. The first-order valence-electron chi connectivity index (χ1n) is 3.92. The second kappa shape index (κ2) is 4.96. The van der Waals surface area contributed by atoms with Crippen molar-refractivity contribution in [2.45, 2.75) is 0 Å². The molecule has 0 fully saturated rings. The lowest BCUT2D eigenvalue weighted by atomic mass is 10.1. The topological polar surface area (TPSA) is 54.4 Å². The summed E-state index contributed by atoms with van der Waals surface area (Å²) < 4.78 is 0. The highest BCUT2D eigenvalue weighted by atomic mass is 35.5. The summed E-state index contributed by atoms with van der Waals surface area (Å²) in [6.07, 6.45) is 0. The first kappa shape index (κ1) is 11.8. The molecule has 0 unspecified atom stereocenters. The maximum absolute atomic E-state index is 10.8. The zero-order chi connectivity index (χ0) is 11.4. The summed E-state index contributed by atoms with van der Waals surface area (Å²) in [6.45, 7) is 0. The van der Waals surface area contributed by atoms with Gasteiger partial charge in [0.25, 0.3) is 10.5 Å². The average Bonchev–Trinajstić information content (AvgIpc) is 2.18. The highest BCUT2D eigenvalue weighted by Gasteiger charge is 2.20. The molecule has 1 rings (SSSR count). The van der Waals surface area contributed by atoms with E-state index in [4.69, 9.17) is 23.2 Å². The molecule has 1 aromatic carbocycles. The van der Waals surface area contributed by atoms with Gasteiger partial charge in [-0.2, -0.15) is 0 Å². The smallest absolute Gasteiger partial charge is 0.261 e. The first-order chi connectivity index (χ1) is 7.04. The monoisotopic (exact) mass is 244 g/mol. The van der Waals surface area contributed by atoms with Gasteiger partial charge < -0.3 is 5.11 Å². The quantitative estimate of drug-likeness (QED) is 0.292. The van der Waals surface area contributed by atoms with Crippen LogP contribution in [-0.4, -0.2) is 15.6 Å². The molecule has 0 radical (unpaired) electrons. The zero-order valence-electron chi connectivity index (χ0n) is 7.41. The van der Waals surface area contributed by atoms with Gasteiger partial charge in [-0.05, 0) is 23.2 Å². The van der Waals surface area contributed by atoms with Crippen LogP contribution in [0.3, 0.4) is 0 Å². The number of aliphatic hydroxyl groups excluding tert-OH is 1. The summed E-state index contributed by atoms with van der Waals surface area (Å²) >= 11 is 10.2. The van der Waals surface area contributed by atoms with E-state index in [2.05, 4.69) is 0 Å². The first-order valence-corrected chi connectivity index (χ1v) is 4.68. The van der Waals surface area contributed by atoms with E-state index in [1.54, 1.807) is 18.2 Å². The van der Waals surface area contributed by atoms with Gasteiger partial charge in [-0.3, -0.25) is 9.59 Å². The van der Waals surface area contributed by atoms with Gasteiger partial charge in [0, 0.05) is 5.56 Å². The number of hydrogen-bond donors (Lipinski definition) is 1. The second-order valence-electron chi connectivity index (χ2n) is 2.64. The minimum absolute atomic E-state index is 0.301. The molecule has 0 saturated heterocycles. The van der Waals surface area contributed by atoms with Crippen molar-refractivity contribution in [1.29, 1.82) is 0 Å². The van der Waals surface area contributed by atoms with Gasteiger partial charge in [-0.1, -0.05) is 30.3 Å². The Morgan fingerprint density at radius 3 is 1.87 bits per heavy atom. The Morgan fingerprint density at radius 2 is 1.47 bits per heavy atom. The van der Waals surface area contributed by atoms with Crippen LogP contribution in [0.15, 0.2) is 35.9 Å². The van der Waals surface area contributed by atoms with Gasteiger partial charge in [-0.25, -0.2) is 0 Å². The predicted molar refractivity (Wildman–Crippen MR) is 57.7 cm³/mol. The Labute approximate surface area is 95.9 Å². The predicted octanol–water partition coefficient (Wildman–Crippen LogP) is 2.49. The Morgan fingerprint density at radius 1 is 1.00 bits per heavy atom. The van der Waals surface area contributed by atoms with Crippen molar-refractivity contribution in [2.75, 3.05) is 0 Å². The molecule has 0 amide bonds. The van der Waals surface area contributed by atoms with Crippen LogP contribution in [0.2, 0.25) is 0 Å². The molecular weight excluding hydrogens is 239 g/mol. The Balaban J connectivity index is 3.29. The molecule has 0 bridgehead atoms. The molecule has 5 heteroatoms. The van der Waals surface area contributed by atoms with Crippen molar-refractivity contribution in [3.63, 3.8) is 0 Å². The van der Waals surface area contributed by atoms with Gasteiger partial charge in [0.15, 0.2) is 0 Å². The number of carbonyl (C=O) groups excluding carboxylic acids is 2. The van der Waals surface area contributed by atoms with E-state index >= 15 is 0 Å². The summed E-state index contributed by atoms with van der Waals surface area (Å²) in [5, 5.41) is 7.42. The van der Waals surface area contributed by atoms with Crippen molar-refractivity contribution in [3.8, 4) is 0 Å².